The number of carbonyl (C=O) groups is 3. The molecule has 0 spiro atoms. The minimum Gasteiger partial charge on any atom is -0.357 e. The van der Waals surface area contributed by atoms with Gasteiger partial charge in [-0.3, -0.25) is 14.4 Å². The summed E-state index contributed by atoms with van der Waals surface area (Å²) in [5, 5.41) is 5.80. The van der Waals surface area contributed by atoms with Crippen molar-refractivity contribution in [2.45, 2.75) is 32.0 Å². The Kier molecular flexibility index (Phi) is 5.85. The van der Waals surface area contributed by atoms with Crippen molar-refractivity contribution >= 4 is 41.4 Å². The molecule has 3 amide bonds. The molecule has 0 aliphatic carbocycles. The fraction of sp³-hybridized carbons (Fsp3) is 0.400. The van der Waals surface area contributed by atoms with E-state index in [2.05, 4.69) is 10.6 Å². The summed E-state index contributed by atoms with van der Waals surface area (Å²) in [5.41, 5.74) is 1.95. The van der Waals surface area contributed by atoms with Gasteiger partial charge in [0.05, 0.1) is 10.0 Å². The maximum absolute atomic E-state index is 12.3. The molecule has 0 bridgehead atoms. The lowest BCUT2D eigenvalue weighted by molar-refractivity contribution is -0.132. The van der Waals surface area contributed by atoms with Gasteiger partial charge in [0.1, 0.15) is 6.04 Å². The van der Waals surface area contributed by atoms with Gasteiger partial charge in [0.25, 0.3) is 0 Å². The van der Waals surface area contributed by atoms with Crippen molar-refractivity contribution in [3.8, 4) is 0 Å². The number of hydrogen-bond acceptors (Lipinski definition) is 3. The fourth-order valence-corrected chi connectivity index (χ4v) is 2.91. The molecule has 2 N–H and O–H groups in total. The summed E-state index contributed by atoms with van der Waals surface area (Å²) in [5.74, 6) is -0.414. The van der Waals surface area contributed by atoms with Crippen molar-refractivity contribution in [2.75, 3.05) is 7.05 Å². The average Bonchev–Trinajstić information content (AvgIpc) is 2.93. The molecule has 1 aliphatic rings. The predicted molar refractivity (Wildman–Crippen MR) is 87.0 cm³/mol. The minimum absolute atomic E-state index is 0.0879. The van der Waals surface area contributed by atoms with E-state index in [0.29, 0.717) is 29.5 Å². The quantitative estimate of drug-likeness (QED) is 0.756. The highest BCUT2D eigenvalue weighted by molar-refractivity contribution is 6.42. The first-order chi connectivity index (χ1) is 11.0. The Balaban J connectivity index is 1.95. The Hall–Kier alpha value is -1.79. The Morgan fingerprint density at radius 3 is 2.30 bits per heavy atom. The van der Waals surface area contributed by atoms with E-state index in [4.69, 9.17) is 23.2 Å². The number of amides is 3. The van der Waals surface area contributed by atoms with E-state index in [1.165, 1.54) is 7.05 Å². The van der Waals surface area contributed by atoms with E-state index in [9.17, 15) is 14.4 Å². The summed E-state index contributed by atoms with van der Waals surface area (Å²) in [6.07, 6.45) is 0.861. The number of hydrogen-bond donors (Lipinski definition) is 2. The van der Waals surface area contributed by atoms with Crippen molar-refractivity contribution in [1.29, 1.82) is 0 Å². The van der Waals surface area contributed by atoms with Crippen LogP contribution in [0.4, 0.5) is 0 Å². The van der Waals surface area contributed by atoms with Gasteiger partial charge in [0, 0.05) is 26.6 Å². The molecule has 124 valence electrons. The van der Waals surface area contributed by atoms with Gasteiger partial charge in [-0.2, -0.15) is 0 Å². The maximum Gasteiger partial charge on any atom is 0.242 e. The first-order valence-corrected chi connectivity index (χ1v) is 7.87. The Bertz CT molecular complexity index is 606. The molecule has 1 heterocycles. The van der Waals surface area contributed by atoms with Gasteiger partial charge in [-0.05, 0) is 29.7 Å². The first kappa shape index (κ1) is 17.6. The number of nitrogens with zero attached hydrogens (tertiary/aromatic N) is 1. The van der Waals surface area contributed by atoms with Crippen LogP contribution in [-0.2, 0) is 27.5 Å². The minimum atomic E-state index is -0.713. The third-order valence-electron chi connectivity index (χ3n) is 3.80. The highest BCUT2D eigenvalue weighted by Gasteiger charge is 2.26. The van der Waals surface area contributed by atoms with E-state index in [0.717, 1.165) is 11.1 Å². The van der Waals surface area contributed by atoms with Crippen molar-refractivity contribution in [2.24, 2.45) is 0 Å². The molecular formula is C15H17Cl2N3O3. The molecule has 1 unspecified atom stereocenters. The molecule has 0 fully saturated rings. The summed E-state index contributed by atoms with van der Waals surface area (Å²) in [4.78, 5) is 36.1. The number of benzene rings is 1. The molecule has 1 aromatic carbocycles. The summed E-state index contributed by atoms with van der Waals surface area (Å²) < 4.78 is 0. The fourth-order valence-electron chi connectivity index (χ4n) is 2.54. The molecule has 1 aliphatic heterocycles. The highest BCUT2D eigenvalue weighted by Crippen LogP contribution is 2.31. The van der Waals surface area contributed by atoms with Crippen LogP contribution in [0.15, 0.2) is 12.1 Å². The third kappa shape index (κ3) is 4.14. The van der Waals surface area contributed by atoms with Crippen molar-refractivity contribution < 1.29 is 14.4 Å². The second kappa shape index (κ2) is 7.66. The topological polar surface area (TPSA) is 78.5 Å². The second-order valence-electron chi connectivity index (χ2n) is 5.27. The monoisotopic (exact) mass is 357 g/mol. The molecule has 0 saturated heterocycles. The van der Waals surface area contributed by atoms with Crippen LogP contribution in [0.3, 0.4) is 0 Å². The Morgan fingerprint density at radius 1 is 1.26 bits per heavy atom. The first-order valence-electron chi connectivity index (χ1n) is 7.12. The lowest BCUT2D eigenvalue weighted by atomic mass is 10.1. The lowest BCUT2D eigenvalue weighted by Crippen LogP contribution is -2.43. The zero-order valence-electron chi connectivity index (χ0n) is 12.6. The number of likely N-dealkylation sites (N-methyl/N-ethyl adjacent to an activating group) is 1. The zero-order chi connectivity index (χ0) is 17.0. The molecule has 6 nitrogen and oxygen atoms in total. The predicted octanol–water partition coefficient (Wildman–Crippen LogP) is 1.48. The third-order valence-corrected chi connectivity index (χ3v) is 4.52. The van der Waals surface area contributed by atoms with Crippen LogP contribution in [0.2, 0.25) is 10.0 Å². The van der Waals surface area contributed by atoms with E-state index < -0.39 is 6.04 Å². The van der Waals surface area contributed by atoms with Crippen molar-refractivity contribution in [3.63, 3.8) is 0 Å². The summed E-state index contributed by atoms with van der Waals surface area (Å²) in [6.45, 7) is 0.938. The maximum atomic E-state index is 12.3. The van der Waals surface area contributed by atoms with E-state index in [1.54, 1.807) is 17.0 Å². The van der Waals surface area contributed by atoms with E-state index in [1.807, 2.05) is 0 Å². The number of fused-ring (bicyclic) bond motifs is 1. The van der Waals surface area contributed by atoms with Gasteiger partial charge in [-0.25, -0.2) is 0 Å². The normalized spacial score (nSPS) is 14.1. The van der Waals surface area contributed by atoms with Gasteiger partial charge >= 0.3 is 0 Å². The number of nitrogens with one attached hydrogen (secondary N) is 2. The van der Waals surface area contributed by atoms with Gasteiger partial charge in [0.15, 0.2) is 0 Å². The standard InChI is InChI=1S/C15H17Cl2N3O3/c1-18-15(23)13(19-8-21)2-3-14(22)20-6-9-4-11(16)12(17)5-10(9)7-20/h4-5,8,13H,2-3,6-7H2,1H3,(H,18,23)(H,19,21). The van der Waals surface area contributed by atoms with Crippen LogP contribution in [-0.4, -0.2) is 36.2 Å². The second-order valence-corrected chi connectivity index (χ2v) is 6.09. The molecule has 1 atom stereocenters. The summed E-state index contributed by atoms with van der Waals surface area (Å²) >= 11 is 12.0. The van der Waals surface area contributed by atoms with Gasteiger partial charge in [-0.1, -0.05) is 23.2 Å². The zero-order valence-corrected chi connectivity index (χ0v) is 14.1. The van der Waals surface area contributed by atoms with E-state index in [-0.39, 0.29) is 24.7 Å². The molecule has 23 heavy (non-hydrogen) atoms. The van der Waals surface area contributed by atoms with Gasteiger partial charge in [-0.15, -0.1) is 0 Å². The molecule has 0 aromatic heterocycles. The van der Waals surface area contributed by atoms with Crippen LogP contribution < -0.4 is 10.6 Å². The highest BCUT2D eigenvalue weighted by atomic mass is 35.5. The molecule has 0 radical (unpaired) electrons. The molecular weight excluding hydrogens is 341 g/mol. The number of halogens is 2. The van der Waals surface area contributed by atoms with Gasteiger partial charge < -0.3 is 15.5 Å². The van der Waals surface area contributed by atoms with Crippen molar-refractivity contribution in [1.82, 2.24) is 15.5 Å². The van der Waals surface area contributed by atoms with Crippen LogP contribution in [0.25, 0.3) is 0 Å². The molecule has 0 saturated carbocycles. The molecule has 8 heteroatoms. The molecule has 2 rings (SSSR count). The van der Waals surface area contributed by atoms with E-state index >= 15 is 0 Å². The molecule has 1 aromatic rings. The largest absolute Gasteiger partial charge is 0.357 e. The van der Waals surface area contributed by atoms with Crippen LogP contribution in [0.5, 0.6) is 0 Å². The number of carbonyl (C=O) groups excluding carboxylic acids is 3. The average molecular weight is 358 g/mol. The van der Waals surface area contributed by atoms with Crippen LogP contribution >= 0.6 is 23.2 Å². The lowest BCUT2D eigenvalue weighted by Gasteiger charge is -2.18. The SMILES string of the molecule is CNC(=O)C(CCC(=O)N1Cc2cc(Cl)c(Cl)cc2C1)NC=O. The van der Waals surface area contributed by atoms with Gasteiger partial charge in [0.2, 0.25) is 18.2 Å². The number of rotatable bonds is 6. The summed E-state index contributed by atoms with van der Waals surface area (Å²) in [7, 11) is 1.48. The van der Waals surface area contributed by atoms with Crippen LogP contribution in [0, 0.1) is 0 Å². The summed E-state index contributed by atoms with van der Waals surface area (Å²) in [6, 6.07) is 2.83. The Labute approximate surface area is 144 Å². The smallest absolute Gasteiger partial charge is 0.242 e. The van der Waals surface area contributed by atoms with Crippen LogP contribution in [0.1, 0.15) is 24.0 Å². The van der Waals surface area contributed by atoms with Crippen molar-refractivity contribution in [3.05, 3.63) is 33.3 Å². The Morgan fingerprint density at radius 2 is 1.83 bits per heavy atom.